The van der Waals surface area contributed by atoms with Crippen molar-refractivity contribution >= 4 is 21.8 Å². The molecule has 132 valence electrons. The van der Waals surface area contributed by atoms with Crippen LogP contribution in [-0.2, 0) is 13.0 Å². The second-order valence-corrected chi connectivity index (χ2v) is 6.86. The lowest BCUT2D eigenvalue weighted by Crippen LogP contribution is -2.25. The van der Waals surface area contributed by atoms with Gasteiger partial charge in [-0.15, -0.1) is 0 Å². The number of benzene rings is 3. The number of carbonyl (C=O) groups is 1. The summed E-state index contributed by atoms with van der Waals surface area (Å²) in [6.45, 7) is 1.06. The zero-order valence-electron chi connectivity index (χ0n) is 14.3. The molecule has 0 aromatic heterocycles. The van der Waals surface area contributed by atoms with Crippen LogP contribution in [0.2, 0.25) is 0 Å². The molecule has 3 nitrogen and oxygen atoms in total. The highest BCUT2D eigenvalue weighted by molar-refractivity contribution is 9.10. The summed E-state index contributed by atoms with van der Waals surface area (Å²) in [5.41, 5.74) is 2.87. The minimum absolute atomic E-state index is 0.105. The highest BCUT2D eigenvalue weighted by atomic mass is 79.9. The lowest BCUT2D eigenvalue weighted by molar-refractivity contribution is 0.0953. The van der Waals surface area contributed by atoms with Crippen LogP contribution in [0.15, 0.2) is 83.3 Å². The van der Waals surface area contributed by atoms with E-state index in [4.69, 9.17) is 4.74 Å². The highest BCUT2D eigenvalue weighted by Gasteiger charge is 2.09. The van der Waals surface area contributed by atoms with Gasteiger partial charge in [0.15, 0.2) is 0 Å². The molecule has 0 saturated heterocycles. The molecule has 0 aliphatic heterocycles. The van der Waals surface area contributed by atoms with Crippen LogP contribution in [0, 0.1) is 0 Å². The minimum atomic E-state index is -0.105. The Labute approximate surface area is 162 Å². The molecule has 26 heavy (non-hydrogen) atoms. The third-order valence-electron chi connectivity index (χ3n) is 3.92. The van der Waals surface area contributed by atoms with Crippen LogP contribution in [0.1, 0.15) is 21.5 Å². The Hall–Kier alpha value is -2.59. The molecule has 3 aromatic carbocycles. The van der Waals surface area contributed by atoms with Crippen LogP contribution in [0.25, 0.3) is 0 Å². The number of hydrogen-bond donors (Lipinski definition) is 1. The maximum Gasteiger partial charge on any atom is 0.251 e. The molecule has 1 N–H and O–H groups in total. The third-order valence-corrected chi connectivity index (χ3v) is 4.38. The van der Waals surface area contributed by atoms with E-state index >= 15 is 0 Å². The lowest BCUT2D eigenvalue weighted by atomic mass is 10.1. The molecule has 1 amide bonds. The molecular weight excluding hydrogens is 390 g/mol. The van der Waals surface area contributed by atoms with E-state index in [2.05, 4.69) is 33.4 Å². The molecular formula is C22H20BrNO2. The van der Waals surface area contributed by atoms with Crippen molar-refractivity contribution in [2.45, 2.75) is 13.0 Å². The number of ether oxygens (including phenoxy) is 1. The minimum Gasteiger partial charge on any atom is -0.489 e. The van der Waals surface area contributed by atoms with E-state index in [9.17, 15) is 4.79 Å². The van der Waals surface area contributed by atoms with Crippen LogP contribution >= 0.6 is 15.9 Å². The first-order chi connectivity index (χ1) is 12.7. The molecule has 3 aromatic rings. The Morgan fingerprint density at radius 1 is 0.885 bits per heavy atom. The van der Waals surface area contributed by atoms with Crippen molar-refractivity contribution in [3.63, 3.8) is 0 Å². The summed E-state index contributed by atoms with van der Waals surface area (Å²) < 4.78 is 6.64. The van der Waals surface area contributed by atoms with Gasteiger partial charge in [-0.05, 0) is 35.7 Å². The molecule has 0 heterocycles. The van der Waals surface area contributed by atoms with Crippen LogP contribution in [-0.4, -0.2) is 12.5 Å². The van der Waals surface area contributed by atoms with Crippen molar-refractivity contribution < 1.29 is 9.53 Å². The van der Waals surface area contributed by atoms with E-state index in [0.29, 0.717) is 24.5 Å². The van der Waals surface area contributed by atoms with Crippen molar-refractivity contribution in [3.8, 4) is 5.75 Å². The molecule has 4 heteroatoms. The maximum atomic E-state index is 12.4. The van der Waals surface area contributed by atoms with E-state index in [1.165, 1.54) is 5.56 Å². The number of carbonyl (C=O) groups excluding carboxylic acids is 1. The first-order valence-corrected chi connectivity index (χ1v) is 9.29. The zero-order chi connectivity index (χ0) is 18.2. The number of hydrogen-bond acceptors (Lipinski definition) is 2. The van der Waals surface area contributed by atoms with Crippen LogP contribution < -0.4 is 10.1 Å². The monoisotopic (exact) mass is 409 g/mol. The van der Waals surface area contributed by atoms with Crippen LogP contribution in [0.5, 0.6) is 5.75 Å². The Balaban J connectivity index is 1.58. The Kier molecular flexibility index (Phi) is 6.45. The van der Waals surface area contributed by atoms with Gasteiger partial charge >= 0.3 is 0 Å². The van der Waals surface area contributed by atoms with Crippen LogP contribution in [0.4, 0.5) is 0 Å². The fourth-order valence-electron chi connectivity index (χ4n) is 2.59. The van der Waals surface area contributed by atoms with Gasteiger partial charge in [0, 0.05) is 16.6 Å². The Morgan fingerprint density at radius 3 is 2.23 bits per heavy atom. The summed E-state index contributed by atoms with van der Waals surface area (Å²) in [5, 5.41) is 2.96. The fraction of sp³-hybridized carbons (Fsp3) is 0.136. The fourth-order valence-corrected chi connectivity index (χ4v) is 3.06. The second-order valence-electron chi connectivity index (χ2n) is 5.94. The molecule has 0 unspecified atom stereocenters. The maximum absolute atomic E-state index is 12.4. The van der Waals surface area contributed by atoms with Gasteiger partial charge in [0.1, 0.15) is 12.4 Å². The normalized spacial score (nSPS) is 10.3. The van der Waals surface area contributed by atoms with Crippen molar-refractivity contribution in [2.24, 2.45) is 0 Å². The van der Waals surface area contributed by atoms with Gasteiger partial charge in [0.05, 0.1) is 0 Å². The Morgan fingerprint density at radius 2 is 1.54 bits per heavy atom. The summed E-state index contributed by atoms with van der Waals surface area (Å²) in [6.07, 6.45) is 0.804. The smallest absolute Gasteiger partial charge is 0.251 e. The second kappa shape index (κ2) is 9.20. The predicted molar refractivity (Wildman–Crippen MR) is 107 cm³/mol. The SMILES string of the molecule is O=C(NCCc1ccccc1)c1cc(Br)cc(OCc2ccccc2)c1. The molecule has 0 radical (unpaired) electrons. The molecule has 0 atom stereocenters. The van der Waals surface area contributed by atoms with E-state index in [-0.39, 0.29) is 5.91 Å². The topological polar surface area (TPSA) is 38.3 Å². The molecule has 0 fully saturated rings. The summed E-state index contributed by atoms with van der Waals surface area (Å²) in [7, 11) is 0. The first kappa shape index (κ1) is 18.2. The molecule has 0 bridgehead atoms. The van der Waals surface area contributed by atoms with E-state index in [1.807, 2.05) is 54.6 Å². The average molecular weight is 410 g/mol. The van der Waals surface area contributed by atoms with Crippen molar-refractivity contribution in [3.05, 3.63) is 100 Å². The standard InChI is InChI=1S/C22H20BrNO2/c23-20-13-19(22(25)24-12-11-17-7-3-1-4-8-17)14-21(15-20)26-16-18-9-5-2-6-10-18/h1-10,13-15H,11-12,16H2,(H,24,25). The molecule has 0 saturated carbocycles. The summed E-state index contributed by atoms with van der Waals surface area (Å²) in [4.78, 5) is 12.4. The number of nitrogens with one attached hydrogen (secondary N) is 1. The zero-order valence-corrected chi connectivity index (χ0v) is 15.9. The first-order valence-electron chi connectivity index (χ1n) is 8.50. The summed E-state index contributed by atoms with van der Waals surface area (Å²) >= 11 is 3.45. The van der Waals surface area contributed by atoms with Crippen LogP contribution in [0.3, 0.4) is 0 Å². The quantitative estimate of drug-likeness (QED) is 0.595. The van der Waals surface area contributed by atoms with E-state index in [0.717, 1.165) is 16.5 Å². The molecule has 0 spiro atoms. The van der Waals surface area contributed by atoms with E-state index in [1.54, 1.807) is 12.1 Å². The number of rotatable bonds is 7. The Bertz CT molecular complexity index is 851. The van der Waals surface area contributed by atoms with Gasteiger partial charge in [0.25, 0.3) is 5.91 Å². The summed E-state index contributed by atoms with van der Waals surface area (Å²) in [6, 6.07) is 25.5. The molecule has 3 rings (SSSR count). The molecule has 0 aliphatic carbocycles. The van der Waals surface area contributed by atoms with Crippen molar-refractivity contribution in [1.82, 2.24) is 5.32 Å². The lowest BCUT2D eigenvalue weighted by Gasteiger charge is -2.10. The number of amides is 1. The molecule has 0 aliphatic rings. The van der Waals surface area contributed by atoms with E-state index < -0.39 is 0 Å². The van der Waals surface area contributed by atoms with Gasteiger partial charge in [-0.3, -0.25) is 4.79 Å². The number of halogens is 1. The van der Waals surface area contributed by atoms with Gasteiger partial charge in [-0.25, -0.2) is 0 Å². The van der Waals surface area contributed by atoms with Gasteiger partial charge in [-0.2, -0.15) is 0 Å². The average Bonchev–Trinajstić information content (AvgIpc) is 2.67. The van der Waals surface area contributed by atoms with Gasteiger partial charge < -0.3 is 10.1 Å². The predicted octanol–water partition coefficient (Wildman–Crippen LogP) is 5.00. The van der Waals surface area contributed by atoms with Gasteiger partial charge in [0.2, 0.25) is 0 Å². The van der Waals surface area contributed by atoms with Crippen molar-refractivity contribution in [2.75, 3.05) is 6.54 Å². The van der Waals surface area contributed by atoms with Crippen molar-refractivity contribution in [1.29, 1.82) is 0 Å². The highest BCUT2D eigenvalue weighted by Crippen LogP contribution is 2.22. The largest absolute Gasteiger partial charge is 0.489 e. The third kappa shape index (κ3) is 5.46. The van der Waals surface area contributed by atoms with Gasteiger partial charge in [-0.1, -0.05) is 76.6 Å². The summed E-state index contributed by atoms with van der Waals surface area (Å²) in [5.74, 6) is 0.559.